The van der Waals surface area contributed by atoms with Gasteiger partial charge in [0.2, 0.25) is 0 Å². The van der Waals surface area contributed by atoms with Crippen LogP contribution in [0, 0.1) is 13.8 Å². The monoisotopic (exact) mass is 294 g/mol. The summed E-state index contributed by atoms with van der Waals surface area (Å²) in [5.74, 6) is 0. The SMILES string of the molecule is Cc1cc(CP(=O)(O)O)c(CP(=O)(O)O)cc1C. The Hall–Kier alpha value is -0.480. The van der Waals surface area contributed by atoms with Crippen LogP contribution in [0.3, 0.4) is 0 Å². The summed E-state index contributed by atoms with van der Waals surface area (Å²) >= 11 is 0. The quantitative estimate of drug-likeness (QED) is 0.628. The maximum atomic E-state index is 11.0. The van der Waals surface area contributed by atoms with E-state index in [0.717, 1.165) is 11.1 Å². The van der Waals surface area contributed by atoms with Gasteiger partial charge in [-0.3, -0.25) is 9.13 Å². The summed E-state index contributed by atoms with van der Waals surface area (Å²) in [6.45, 7) is 3.56. The Labute approximate surface area is 105 Å². The van der Waals surface area contributed by atoms with Crippen molar-refractivity contribution in [3.8, 4) is 0 Å². The highest BCUT2D eigenvalue weighted by Crippen LogP contribution is 2.44. The Balaban J connectivity index is 3.25. The second kappa shape index (κ2) is 5.25. The van der Waals surface area contributed by atoms with Gasteiger partial charge in [-0.1, -0.05) is 12.1 Å². The maximum Gasteiger partial charge on any atom is 0.329 e. The van der Waals surface area contributed by atoms with Crippen LogP contribution in [-0.4, -0.2) is 19.6 Å². The third kappa shape index (κ3) is 5.02. The molecule has 0 aliphatic heterocycles. The fraction of sp³-hybridized carbons (Fsp3) is 0.400. The van der Waals surface area contributed by atoms with E-state index in [4.69, 9.17) is 19.6 Å². The molecule has 0 radical (unpaired) electrons. The highest BCUT2D eigenvalue weighted by molar-refractivity contribution is 7.51. The molecule has 0 amide bonds. The molecule has 18 heavy (non-hydrogen) atoms. The van der Waals surface area contributed by atoms with Gasteiger partial charge >= 0.3 is 15.2 Å². The molecule has 4 N–H and O–H groups in total. The first-order valence-electron chi connectivity index (χ1n) is 5.16. The van der Waals surface area contributed by atoms with Gasteiger partial charge < -0.3 is 19.6 Å². The molecule has 0 saturated carbocycles. The lowest BCUT2D eigenvalue weighted by molar-refractivity contribution is 0.367. The molecule has 0 spiro atoms. The second-order valence-electron chi connectivity index (χ2n) is 4.35. The summed E-state index contributed by atoms with van der Waals surface area (Å²) in [6.07, 6.45) is -1.02. The van der Waals surface area contributed by atoms with Crippen molar-refractivity contribution in [2.24, 2.45) is 0 Å². The van der Waals surface area contributed by atoms with E-state index in [1.54, 1.807) is 26.0 Å². The first-order valence-corrected chi connectivity index (χ1v) is 8.75. The maximum absolute atomic E-state index is 11.0. The van der Waals surface area contributed by atoms with Gasteiger partial charge in [-0.2, -0.15) is 0 Å². The van der Waals surface area contributed by atoms with Crippen molar-refractivity contribution < 1.29 is 28.7 Å². The second-order valence-corrected chi connectivity index (χ2v) is 7.64. The molecule has 0 fully saturated rings. The molecule has 0 aromatic heterocycles. The molecule has 0 heterocycles. The fourth-order valence-electron chi connectivity index (χ4n) is 1.67. The molecule has 0 bridgehead atoms. The summed E-state index contributed by atoms with van der Waals surface area (Å²) in [5, 5.41) is 0. The van der Waals surface area contributed by atoms with Crippen LogP contribution in [0.25, 0.3) is 0 Å². The topological polar surface area (TPSA) is 115 Å². The summed E-state index contributed by atoms with van der Waals surface area (Å²) in [6, 6.07) is 3.14. The molecule has 1 aromatic carbocycles. The van der Waals surface area contributed by atoms with Gasteiger partial charge in [-0.15, -0.1) is 0 Å². The zero-order valence-electron chi connectivity index (χ0n) is 10.1. The Morgan fingerprint density at radius 3 is 1.33 bits per heavy atom. The largest absolute Gasteiger partial charge is 0.329 e. The number of benzene rings is 1. The lowest BCUT2D eigenvalue weighted by atomic mass is 10.0. The number of hydrogen-bond donors (Lipinski definition) is 4. The molecule has 0 unspecified atom stereocenters. The zero-order valence-corrected chi connectivity index (χ0v) is 11.9. The van der Waals surface area contributed by atoms with E-state index in [1.165, 1.54) is 0 Å². The standard InChI is InChI=1S/C10H16O6P2/c1-7-3-9(5-17(11,12)13)10(4-8(7)2)6-18(14,15)16/h3-4H,5-6H2,1-2H3,(H2,11,12,13)(H2,14,15,16). The van der Waals surface area contributed by atoms with Crippen LogP contribution in [0.5, 0.6) is 0 Å². The Bertz CT molecular complexity index is 493. The van der Waals surface area contributed by atoms with Crippen molar-refractivity contribution in [1.29, 1.82) is 0 Å². The predicted octanol–water partition coefficient (Wildman–Crippen LogP) is 1.66. The van der Waals surface area contributed by atoms with Gasteiger partial charge in [0, 0.05) is 0 Å². The minimum absolute atomic E-state index is 0.287. The first kappa shape index (κ1) is 15.6. The van der Waals surface area contributed by atoms with Crippen LogP contribution in [0.15, 0.2) is 12.1 Å². The van der Waals surface area contributed by atoms with Crippen molar-refractivity contribution in [2.75, 3.05) is 0 Å². The van der Waals surface area contributed by atoms with Crippen molar-refractivity contribution >= 4 is 15.2 Å². The van der Waals surface area contributed by atoms with Crippen LogP contribution in [0.1, 0.15) is 22.3 Å². The van der Waals surface area contributed by atoms with E-state index in [2.05, 4.69) is 0 Å². The summed E-state index contributed by atoms with van der Waals surface area (Å²) in [5.41, 5.74) is 2.23. The molecule has 0 aliphatic carbocycles. The van der Waals surface area contributed by atoms with Crippen LogP contribution >= 0.6 is 15.2 Å². The van der Waals surface area contributed by atoms with Gasteiger partial charge in [-0.25, -0.2) is 0 Å². The third-order valence-corrected chi connectivity index (χ3v) is 4.07. The van der Waals surface area contributed by atoms with E-state index in [9.17, 15) is 9.13 Å². The van der Waals surface area contributed by atoms with Gasteiger partial charge in [-0.05, 0) is 36.1 Å². The molecule has 0 atom stereocenters. The van der Waals surface area contributed by atoms with Crippen LogP contribution in [0.4, 0.5) is 0 Å². The molecule has 1 aromatic rings. The van der Waals surface area contributed by atoms with Crippen molar-refractivity contribution in [1.82, 2.24) is 0 Å². The average molecular weight is 294 g/mol. The highest BCUT2D eigenvalue weighted by atomic mass is 31.2. The highest BCUT2D eigenvalue weighted by Gasteiger charge is 2.22. The van der Waals surface area contributed by atoms with Crippen LogP contribution in [0.2, 0.25) is 0 Å². The molecule has 0 aliphatic rings. The molecule has 6 nitrogen and oxygen atoms in total. The van der Waals surface area contributed by atoms with Gasteiger partial charge in [0.15, 0.2) is 0 Å². The Morgan fingerprint density at radius 2 is 1.11 bits per heavy atom. The van der Waals surface area contributed by atoms with Gasteiger partial charge in [0.1, 0.15) is 0 Å². The molecule has 0 saturated heterocycles. The van der Waals surface area contributed by atoms with Crippen LogP contribution < -0.4 is 0 Å². The Kier molecular flexibility index (Phi) is 4.55. The lowest BCUT2D eigenvalue weighted by Crippen LogP contribution is -1.99. The van der Waals surface area contributed by atoms with E-state index in [0.29, 0.717) is 0 Å². The van der Waals surface area contributed by atoms with E-state index in [-0.39, 0.29) is 11.1 Å². The number of hydrogen-bond acceptors (Lipinski definition) is 2. The van der Waals surface area contributed by atoms with Gasteiger partial charge in [0.25, 0.3) is 0 Å². The van der Waals surface area contributed by atoms with E-state index < -0.39 is 27.5 Å². The molecule has 8 heteroatoms. The lowest BCUT2D eigenvalue weighted by Gasteiger charge is -2.14. The minimum Gasteiger partial charge on any atom is -0.324 e. The van der Waals surface area contributed by atoms with E-state index >= 15 is 0 Å². The number of rotatable bonds is 4. The molecule has 102 valence electrons. The minimum atomic E-state index is -4.27. The van der Waals surface area contributed by atoms with Crippen molar-refractivity contribution in [3.05, 3.63) is 34.4 Å². The Morgan fingerprint density at radius 1 is 0.833 bits per heavy atom. The smallest absolute Gasteiger partial charge is 0.324 e. The van der Waals surface area contributed by atoms with Crippen LogP contribution in [-0.2, 0) is 21.5 Å². The van der Waals surface area contributed by atoms with E-state index in [1.807, 2.05) is 0 Å². The fourth-order valence-corrected chi connectivity index (χ4v) is 3.15. The molecule has 1 rings (SSSR count). The summed E-state index contributed by atoms with van der Waals surface area (Å²) < 4.78 is 22.0. The van der Waals surface area contributed by atoms with Gasteiger partial charge in [0.05, 0.1) is 12.3 Å². The van der Waals surface area contributed by atoms with Crippen molar-refractivity contribution in [2.45, 2.75) is 26.2 Å². The summed E-state index contributed by atoms with van der Waals surface area (Å²) in [4.78, 5) is 35.9. The zero-order chi connectivity index (χ0) is 14.1. The first-order chi connectivity index (χ1) is 7.98. The molecular weight excluding hydrogens is 278 g/mol. The summed E-state index contributed by atoms with van der Waals surface area (Å²) in [7, 11) is -8.54. The predicted molar refractivity (Wildman–Crippen MR) is 67.4 cm³/mol. The average Bonchev–Trinajstić information content (AvgIpc) is 2.08. The molecular formula is C10H16O6P2. The number of aryl methyl sites for hydroxylation is 2. The third-order valence-electron chi connectivity index (χ3n) is 2.57. The normalized spacial score (nSPS) is 12.8. The van der Waals surface area contributed by atoms with Crippen molar-refractivity contribution in [3.63, 3.8) is 0 Å².